The molecule has 2 N–H and O–H groups in total. The summed E-state index contributed by atoms with van der Waals surface area (Å²) in [5.74, 6) is 0.140. The Balaban J connectivity index is 0.00000264. The van der Waals surface area contributed by atoms with Crippen molar-refractivity contribution in [3.05, 3.63) is 51.7 Å². The molecule has 0 aliphatic carbocycles. The smallest absolute Gasteiger partial charge is 0.227 e. The van der Waals surface area contributed by atoms with E-state index in [1.54, 1.807) is 11.3 Å². The zero-order valence-electron chi connectivity index (χ0n) is 13.7. The summed E-state index contributed by atoms with van der Waals surface area (Å²) in [5, 5.41) is 0. The van der Waals surface area contributed by atoms with Crippen LogP contribution in [0.25, 0.3) is 0 Å². The fraction of sp³-hybridized carbons (Fsp3) is 0.389. The van der Waals surface area contributed by atoms with Gasteiger partial charge in [0.05, 0.1) is 6.54 Å². The summed E-state index contributed by atoms with van der Waals surface area (Å²) in [6.45, 7) is 5.40. The average molecular weight is 353 g/mol. The molecule has 0 atom stereocenters. The van der Waals surface area contributed by atoms with Gasteiger partial charge in [0, 0.05) is 21.9 Å². The summed E-state index contributed by atoms with van der Waals surface area (Å²) in [7, 11) is 0. The first kappa shape index (κ1) is 19.7. The molecular formula is C18H25ClN2OS. The maximum atomic E-state index is 12.5. The van der Waals surface area contributed by atoms with Crippen molar-refractivity contribution in [1.82, 2.24) is 0 Å². The van der Waals surface area contributed by atoms with Crippen LogP contribution in [0.15, 0.2) is 36.4 Å². The molecule has 1 aromatic heterocycles. The zero-order valence-corrected chi connectivity index (χ0v) is 15.4. The normalized spacial score (nSPS) is 10.2. The van der Waals surface area contributed by atoms with Gasteiger partial charge >= 0.3 is 0 Å². The van der Waals surface area contributed by atoms with Crippen molar-refractivity contribution in [3.63, 3.8) is 0 Å². The van der Waals surface area contributed by atoms with E-state index in [1.165, 1.54) is 15.3 Å². The van der Waals surface area contributed by atoms with Gasteiger partial charge in [0.15, 0.2) is 0 Å². The maximum Gasteiger partial charge on any atom is 0.227 e. The molecule has 3 nitrogen and oxygen atoms in total. The predicted octanol–water partition coefficient (Wildman–Crippen LogP) is 4.31. The van der Waals surface area contributed by atoms with Crippen LogP contribution in [0.2, 0.25) is 0 Å². The minimum Gasteiger partial charge on any atom is -0.330 e. The van der Waals surface area contributed by atoms with E-state index >= 15 is 0 Å². The number of nitrogens with zero attached hydrogens (tertiary/aromatic N) is 1. The lowest BCUT2D eigenvalue weighted by atomic mass is 10.1. The number of nitrogens with two attached hydrogens (primary N) is 1. The van der Waals surface area contributed by atoms with Crippen LogP contribution in [-0.4, -0.2) is 12.5 Å². The predicted molar refractivity (Wildman–Crippen MR) is 102 cm³/mol. The number of rotatable bonds is 7. The van der Waals surface area contributed by atoms with Crippen molar-refractivity contribution in [2.24, 2.45) is 5.73 Å². The van der Waals surface area contributed by atoms with E-state index in [2.05, 4.69) is 38.1 Å². The van der Waals surface area contributed by atoms with Crippen LogP contribution in [0.3, 0.4) is 0 Å². The first-order valence-electron chi connectivity index (χ1n) is 7.78. The molecular weight excluding hydrogens is 328 g/mol. The van der Waals surface area contributed by atoms with Gasteiger partial charge in [-0.2, -0.15) is 0 Å². The van der Waals surface area contributed by atoms with Crippen LogP contribution in [0, 0.1) is 6.92 Å². The molecule has 1 heterocycles. The van der Waals surface area contributed by atoms with Gasteiger partial charge in [-0.15, -0.1) is 23.7 Å². The minimum atomic E-state index is 0. The second-order valence-electron chi connectivity index (χ2n) is 5.40. The number of benzene rings is 1. The van der Waals surface area contributed by atoms with Crippen molar-refractivity contribution >= 4 is 35.3 Å². The molecule has 0 radical (unpaired) electrons. The molecule has 2 rings (SSSR count). The third kappa shape index (κ3) is 5.65. The highest BCUT2D eigenvalue weighted by Crippen LogP contribution is 2.23. The summed E-state index contributed by atoms with van der Waals surface area (Å²) >= 11 is 1.74. The van der Waals surface area contributed by atoms with Gasteiger partial charge < -0.3 is 10.6 Å². The van der Waals surface area contributed by atoms with E-state index < -0.39 is 0 Å². The van der Waals surface area contributed by atoms with Crippen molar-refractivity contribution in [3.8, 4) is 0 Å². The number of anilines is 1. The fourth-order valence-corrected chi connectivity index (χ4v) is 3.23. The van der Waals surface area contributed by atoms with Gasteiger partial charge in [0.1, 0.15) is 0 Å². The average Bonchev–Trinajstić information content (AvgIpc) is 2.95. The number of hydrogen-bond acceptors (Lipinski definition) is 3. The molecule has 0 fully saturated rings. The highest BCUT2D eigenvalue weighted by atomic mass is 35.5. The van der Waals surface area contributed by atoms with Crippen molar-refractivity contribution in [2.45, 2.75) is 39.7 Å². The fourth-order valence-electron chi connectivity index (χ4n) is 2.35. The Hall–Kier alpha value is -1.36. The molecule has 1 aromatic carbocycles. The molecule has 0 saturated carbocycles. The summed E-state index contributed by atoms with van der Waals surface area (Å²) in [4.78, 5) is 16.9. The molecule has 0 saturated heterocycles. The lowest BCUT2D eigenvalue weighted by molar-refractivity contribution is -0.118. The van der Waals surface area contributed by atoms with Crippen LogP contribution >= 0.6 is 23.7 Å². The molecule has 0 bridgehead atoms. The van der Waals surface area contributed by atoms with E-state index in [1.807, 2.05) is 17.0 Å². The molecule has 2 aromatic rings. The third-order valence-electron chi connectivity index (χ3n) is 3.66. The number of carbonyl (C=O) groups excluding carboxylic acids is 1. The third-order valence-corrected chi connectivity index (χ3v) is 4.65. The van der Waals surface area contributed by atoms with Gasteiger partial charge in [0.2, 0.25) is 5.91 Å². The molecule has 0 spiro atoms. The summed E-state index contributed by atoms with van der Waals surface area (Å²) in [5.41, 5.74) is 7.79. The number of aryl methyl sites for hydroxylation is 2. The van der Waals surface area contributed by atoms with E-state index in [0.717, 1.165) is 18.5 Å². The Morgan fingerprint density at radius 1 is 1.17 bits per heavy atom. The van der Waals surface area contributed by atoms with E-state index in [4.69, 9.17) is 5.73 Å². The lowest BCUT2D eigenvalue weighted by Gasteiger charge is -2.22. The number of thiophene rings is 1. The Morgan fingerprint density at radius 2 is 1.87 bits per heavy atom. The van der Waals surface area contributed by atoms with Crippen LogP contribution in [-0.2, 0) is 17.8 Å². The van der Waals surface area contributed by atoms with Crippen LogP contribution in [0.4, 0.5) is 5.69 Å². The summed E-state index contributed by atoms with van der Waals surface area (Å²) in [6, 6.07) is 12.5. The van der Waals surface area contributed by atoms with Crippen molar-refractivity contribution in [1.29, 1.82) is 0 Å². The van der Waals surface area contributed by atoms with Crippen LogP contribution < -0.4 is 10.6 Å². The number of carbonyl (C=O) groups is 1. The first-order chi connectivity index (χ1) is 10.6. The molecule has 126 valence electrons. The molecule has 0 aliphatic heterocycles. The quantitative estimate of drug-likeness (QED) is 0.806. The number of amides is 1. The van der Waals surface area contributed by atoms with Gasteiger partial charge in [0.25, 0.3) is 0 Å². The van der Waals surface area contributed by atoms with Crippen LogP contribution in [0.5, 0.6) is 0 Å². The van der Waals surface area contributed by atoms with Gasteiger partial charge in [-0.3, -0.25) is 4.79 Å². The summed E-state index contributed by atoms with van der Waals surface area (Å²) < 4.78 is 0. The Labute approximate surface area is 148 Å². The Kier molecular flexibility index (Phi) is 8.31. The second kappa shape index (κ2) is 9.71. The highest BCUT2D eigenvalue weighted by Gasteiger charge is 2.16. The number of halogens is 1. The van der Waals surface area contributed by atoms with Crippen molar-refractivity contribution < 1.29 is 4.79 Å². The minimum absolute atomic E-state index is 0. The number of hydrogen-bond donors (Lipinski definition) is 1. The summed E-state index contributed by atoms with van der Waals surface area (Å²) in [6.07, 6.45) is 2.23. The molecule has 0 unspecified atom stereocenters. The van der Waals surface area contributed by atoms with Gasteiger partial charge in [-0.25, -0.2) is 0 Å². The first-order valence-corrected chi connectivity index (χ1v) is 8.60. The SMILES string of the molecule is CCc1ccc(N(Cc2ccc(C)s2)C(=O)CCCN)cc1.Cl. The highest BCUT2D eigenvalue weighted by molar-refractivity contribution is 7.11. The Morgan fingerprint density at radius 3 is 2.39 bits per heavy atom. The largest absolute Gasteiger partial charge is 0.330 e. The lowest BCUT2D eigenvalue weighted by Crippen LogP contribution is -2.30. The van der Waals surface area contributed by atoms with Gasteiger partial charge in [-0.05, 0) is 56.1 Å². The van der Waals surface area contributed by atoms with Crippen molar-refractivity contribution in [2.75, 3.05) is 11.4 Å². The van der Waals surface area contributed by atoms with Crippen LogP contribution in [0.1, 0.15) is 35.1 Å². The van der Waals surface area contributed by atoms with E-state index in [0.29, 0.717) is 19.5 Å². The molecule has 0 aliphatic rings. The monoisotopic (exact) mass is 352 g/mol. The standard InChI is InChI=1S/C18H24N2OS.ClH/c1-3-15-7-9-16(10-8-15)20(18(21)5-4-12-19)13-17-11-6-14(2)22-17;/h6-11H,3-5,12-13,19H2,1-2H3;1H. The second-order valence-corrected chi connectivity index (χ2v) is 6.78. The Bertz CT molecular complexity index is 610. The van der Waals surface area contributed by atoms with E-state index in [9.17, 15) is 4.79 Å². The topological polar surface area (TPSA) is 46.3 Å². The maximum absolute atomic E-state index is 12.5. The molecule has 23 heavy (non-hydrogen) atoms. The zero-order chi connectivity index (χ0) is 15.9. The molecule has 1 amide bonds. The van der Waals surface area contributed by atoms with E-state index in [-0.39, 0.29) is 18.3 Å². The molecule has 5 heteroatoms. The van der Waals surface area contributed by atoms with Gasteiger partial charge in [-0.1, -0.05) is 19.1 Å².